The number of aryl methyl sites for hydroxylation is 1. The van der Waals surface area contributed by atoms with E-state index in [1.165, 1.54) is 0 Å². The number of nitrogens with one attached hydrogen (secondary N) is 1. The molecule has 3 heterocycles. The third-order valence-corrected chi connectivity index (χ3v) is 5.90. The van der Waals surface area contributed by atoms with E-state index in [1.807, 2.05) is 31.3 Å². The van der Waals surface area contributed by atoms with Gasteiger partial charge in [0.25, 0.3) is 5.91 Å². The van der Waals surface area contributed by atoms with E-state index in [4.69, 9.17) is 10.5 Å². The minimum atomic E-state index is -1.03. The topological polar surface area (TPSA) is 114 Å². The summed E-state index contributed by atoms with van der Waals surface area (Å²) in [6.07, 6.45) is 5.74. The van der Waals surface area contributed by atoms with Crippen LogP contribution in [0.15, 0.2) is 48.8 Å². The van der Waals surface area contributed by atoms with Gasteiger partial charge in [-0.3, -0.25) is 14.8 Å². The molecule has 4 N–H and O–H groups in total. The number of hydrogen-bond acceptors (Lipinski definition) is 7. The average Bonchev–Trinajstić information content (AvgIpc) is 2.82. The van der Waals surface area contributed by atoms with E-state index in [9.17, 15) is 9.90 Å². The maximum atomic E-state index is 12.8. The van der Waals surface area contributed by atoms with Crippen LogP contribution in [0.4, 0.5) is 5.69 Å². The van der Waals surface area contributed by atoms with Gasteiger partial charge >= 0.3 is 0 Å². The summed E-state index contributed by atoms with van der Waals surface area (Å²) in [6.45, 7) is 4.44. The van der Waals surface area contributed by atoms with E-state index in [1.54, 1.807) is 24.4 Å². The highest BCUT2D eigenvalue weighted by atomic mass is 16.5. The van der Waals surface area contributed by atoms with Crippen LogP contribution in [-0.2, 0) is 0 Å². The standard InChI is InChI=1S/C25H31N5O3/c1-18-13-23(21-15-27-10-7-22(21)29-18)30-11-3-8-25(32,17-30)16-28-24(31)19-5-2-6-20(14-19)33-12-4-9-26/h2,5-7,10,13-15,32H,3-4,8-9,11-12,16-17,26H2,1H3,(H,28,31). The van der Waals surface area contributed by atoms with E-state index in [-0.39, 0.29) is 12.5 Å². The highest BCUT2D eigenvalue weighted by Crippen LogP contribution is 2.31. The fraction of sp³-hybridized carbons (Fsp3) is 0.400. The second-order valence-electron chi connectivity index (χ2n) is 8.63. The van der Waals surface area contributed by atoms with Crippen molar-refractivity contribution >= 4 is 22.5 Å². The van der Waals surface area contributed by atoms with Crippen LogP contribution in [0.3, 0.4) is 0 Å². The van der Waals surface area contributed by atoms with Gasteiger partial charge in [-0.25, -0.2) is 0 Å². The minimum Gasteiger partial charge on any atom is -0.494 e. The first kappa shape index (κ1) is 22.9. The van der Waals surface area contributed by atoms with Crippen LogP contribution < -0.4 is 20.7 Å². The highest BCUT2D eigenvalue weighted by molar-refractivity contribution is 5.94. The minimum absolute atomic E-state index is 0.167. The summed E-state index contributed by atoms with van der Waals surface area (Å²) in [5, 5.41) is 15.2. The molecule has 1 aliphatic rings. The maximum Gasteiger partial charge on any atom is 0.251 e. The number of carbonyl (C=O) groups excluding carboxylic acids is 1. The molecule has 1 atom stereocenters. The van der Waals surface area contributed by atoms with Gasteiger partial charge in [0.05, 0.1) is 17.7 Å². The molecule has 4 rings (SSSR count). The van der Waals surface area contributed by atoms with Crippen LogP contribution in [0.1, 0.15) is 35.3 Å². The number of β-amino-alcohol motifs (C(OH)–C–C–N with tert-alkyl or cyclic N) is 1. The summed E-state index contributed by atoms with van der Waals surface area (Å²) < 4.78 is 5.63. The summed E-state index contributed by atoms with van der Waals surface area (Å²) in [5.74, 6) is 0.395. The molecule has 1 saturated heterocycles. The number of pyridine rings is 2. The number of benzene rings is 1. The number of carbonyl (C=O) groups is 1. The number of nitrogens with two attached hydrogens (primary N) is 1. The molecule has 1 aromatic carbocycles. The Morgan fingerprint density at radius 2 is 2.21 bits per heavy atom. The van der Waals surface area contributed by atoms with Gasteiger partial charge in [-0.15, -0.1) is 0 Å². The smallest absolute Gasteiger partial charge is 0.251 e. The second-order valence-corrected chi connectivity index (χ2v) is 8.63. The number of hydrogen-bond donors (Lipinski definition) is 3. The summed E-state index contributed by atoms with van der Waals surface area (Å²) in [4.78, 5) is 23.8. The van der Waals surface area contributed by atoms with E-state index >= 15 is 0 Å². The Hall–Kier alpha value is -3.23. The molecule has 0 spiro atoms. The molecule has 2 aromatic heterocycles. The largest absolute Gasteiger partial charge is 0.494 e. The van der Waals surface area contributed by atoms with Gasteiger partial charge in [-0.1, -0.05) is 6.07 Å². The molecule has 0 radical (unpaired) electrons. The van der Waals surface area contributed by atoms with Crippen LogP contribution in [0.5, 0.6) is 5.75 Å². The lowest BCUT2D eigenvalue weighted by molar-refractivity contribution is 0.0257. The molecule has 3 aromatic rings. The SMILES string of the molecule is Cc1cc(N2CCCC(O)(CNC(=O)c3cccc(OCCCN)c3)C2)c2cnccc2n1. The first-order chi connectivity index (χ1) is 16.0. The molecule has 1 aliphatic heterocycles. The van der Waals surface area contributed by atoms with Crippen molar-refractivity contribution in [3.63, 3.8) is 0 Å². The van der Waals surface area contributed by atoms with Crippen molar-refractivity contribution in [2.45, 2.75) is 31.8 Å². The van der Waals surface area contributed by atoms with Gasteiger partial charge in [-0.05, 0) is 63.1 Å². The van der Waals surface area contributed by atoms with Gasteiger partial charge in [0.15, 0.2) is 0 Å². The Kier molecular flexibility index (Phi) is 7.05. The zero-order chi connectivity index (χ0) is 23.3. The van der Waals surface area contributed by atoms with Gasteiger partial charge in [0.1, 0.15) is 5.75 Å². The van der Waals surface area contributed by atoms with Gasteiger partial charge in [0, 0.05) is 54.4 Å². The summed E-state index contributed by atoms with van der Waals surface area (Å²) in [5.41, 5.74) is 7.78. The zero-order valence-electron chi connectivity index (χ0n) is 19.0. The Bertz CT molecular complexity index is 1120. The lowest BCUT2D eigenvalue weighted by Crippen LogP contribution is -2.54. The Morgan fingerprint density at radius 3 is 3.06 bits per heavy atom. The van der Waals surface area contributed by atoms with Gasteiger partial charge in [-0.2, -0.15) is 0 Å². The quantitative estimate of drug-likeness (QED) is 0.453. The van der Waals surface area contributed by atoms with E-state index in [2.05, 4.69) is 20.2 Å². The van der Waals surface area contributed by atoms with Crippen molar-refractivity contribution in [2.75, 3.05) is 37.7 Å². The number of amides is 1. The molecule has 1 unspecified atom stereocenters. The molecule has 1 amide bonds. The van der Waals surface area contributed by atoms with Crippen molar-refractivity contribution in [3.8, 4) is 5.75 Å². The first-order valence-electron chi connectivity index (χ1n) is 11.4. The van der Waals surface area contributed by atoms with Gasteiger partial charge < -0.3 is 25.8 Å². The van der Waals surface area contributed by atoms with Gasteiger partial charge in [0.2, 0.25) is 0 Å². The van der Waals surface area contributed by atoms with Crippen LogP contribution in [0.25, 0.3) is 10.9 Å². The Morgan fingerprint density at radius 1 is 1.33 bits per heavy atom. The van der Waals surface area contributed by atoms with Crippen molar-refractivity contribution in [1.82, 2.24) is 15.3 Å². The predicted octanol–water partition coefficient (Wildman–Crippen LogP) is 2.43. The number of anilines is 1. The third-order valence-electron chi connectivity index (χ3n) is 5.90. The van der Waals surface area contributed by atoms with Crippen LogP contribution in [0.2, 0.25) is 0 Å². The first-order valence-corrected chi connectivity index (χ1v) is 11.4. The summed E-state index contributed by atoms with van der Waals surface area (Å²) in [6, 6.07) is 11.0. The average molecular weight is 450 g/mol. The third kappa shape index (κ3) is 5.58. The molecule has 174 valence electrons. The molecule has 8 heteroatoms. The van der Waals surface area contributed by atoms with E-state index in [0.717, 1.165) is 41.7 Å². The molecule has 1 fully saturated rings. The number of ether oxygens (including phenoxy) is 1. The normalized spacial score (nSPS) is 18.3. The fourth-order valence-corrected chi connectivity index (χ4v) is 4.25. The highest BCUT2D eigenvalue weighted by Gasteiger charge is 2.34. The monoisotopic (exact) mass is 449 g/mol. The van der Waals surface area contributed by atoms with Crippen LogP contribution in [0, 0.1) is 6.92 Å². The molecule has 8 nitrogen and oxygen atoms in total. The molecule has 0 saturated carbocycles. The van der Waals surface area contributed by atoms with Crippen LogP contribution in [-0.4, -0.2) is 59.4 Å². The van der Waals surface area contributed by atoms with E-state index < -0.39 is 5.60 Å². The zero-order valence-corrected chi connectivity index (χ0v) is 19.0. The van der Waals surface area contributed by atoms with Crippen molar-refractivity contribution in [2.24, 2.45) is 5.73 Å². The Balaban J connectivity index is 1.43. The number of piperidine rings is 1. The van der Waals surface area contributed by atoms with Crippen molar-refractivity contribution in [3.05, 3.63) is 60.0 Å². The number of rotatable bonds is 8. The summed E-state index contributed by atoms with van der Waals surface area (Å²) >= 11 is 0. The number of aliphatic hydroxyl groups is 1. The second kappa shape index (κ2) is 10.1. The molecular weight excluding hydrogens is 418 g/mol. The fourth-order valence-electron chi connectivity index (χ4n) is 4.25. The lowest BCUT2D eigenvalue weighted by Gasteiger charge is -2.41. The molecular formula is C25H31N5O3. The Labute approximate surface area is 193 Å². The maximum absolute atomic E-state index is 12.8. The molecule has 0 aliphatic carbocycles. The van der Waals surface area contributed by atoms with E-state index in [0.29, 0.717) is 37.4 Å². The van der Waals surface area contributed by atoms with Crippen molar-refractivity contribution in [1.29, 1.82) is 0 Å². The van der Waals surface area contributed by atoms with Crippen molar-refractivity contribution < 1.29 is 14.6 Å². The number of aromatic nitrogens is 2. The van der Waals surface area contributed by atoms with Crippen LogP contribution >= 0.6 is 0 Å². The molecule has 33 heavy (non-hydrogen) atoms. The predicted molar refractivity (Wildman–Crippen MR) is 129 cm³/mol. The molecule has 0 bridgehead atoms. The number of nitrogens with zero attached hydrogens (tertiary/aromatic N) is 3. The summed E-state index contributed by atoms with van der Waals surface area (Å²) in [7, 11) is 0. The lowest BCUT2D eigenvalue weighted by atomic mass is 9.92. The number of fused-ring (bicyclic) bond motifs is 1.